The van der Waals surface area contributed by atoms with Crippen LogP contribution in [0.4, 0.5) is 0 Å². The monoisotopic (exact) mass is 200 g/mol. The van der Waals surface area contributed by atoms with Gasteiger partial charge in [-0.1, -0.05) is 0 Å². The fraction of sp³-hybridized carbons (Fsp3) is 0.333. The van der Waals surface area contributed by atoms with Crippen LogP contribution < -0.4 is 4.83 Å². The Balaban J connectivity index is 2.94. The zero-order valence-electron chi connectivity index (χ0n) is 5.04. The van der Waals surface area contributed by atoms with Gasteiger partial charge in [-0.3, -0.25) is 5.01 Å². The summed E-state index contributed by atoms with van der Waals surface area (Å²) < 4.78 is 21.3. The minimum absolute atomic E-state index is 0.0826. The number of nitrogens with zero attached hydrogens (tertiary/aromatic N) is 1. The molecule has 0 fully saturated rings. The first-order valence-electron chi connectivity index (χ1n) is 2.31. The van der Waals surface area contributed by atoms with Gasteiger partial charge in [0.25, 0.3) is 9.05 Å². The van der Waals surface area contributed by atoms with Gasteiger partial charge >= 0.3 is 0 Å². The van der Waals surface area contributed by atoms with E-state index in [4.69, 9.17) is 10.7 Å². The Kier molecular flexibility index (Phi) is 2.14. The van der Waals surface area contributed by atoms with Crippen LogP contribution in [0.3, 0.4) is 0 Å². The summed E-state index contributed by atoms with van der Waals surface area (Å²) in [6.07, 6.45) is 0. The first-order valence-corrected chi connectivity index (χ1v) is 5.50. The maximum absolute atomic E-state index is 10.6. The summed E-state index contributed by atoms with van der Waals surface area (Å²) in [7, 11) is 3.04. The second kappa shape index (κ2) is 2.61. The number of hydrazine groups is 1. The van der Waals surface area contributed by atoms with Crippen molar-refractivity contribution in [3.63, 3.8) is 0 Å². The number of hydrogen-bond donors (Lipinski definition) is 1. The van der Waals surface area contributed by atoms with Gasteiger partial charge in [-0.05, 0) is 11.9 Å². The van der Waals surface area contributed by atoms with E-state index in [0.29, 0.717) is 0 Å². The zero-order valence-corrected chi connectivity index (χ0v) is 7.42. The second-order valence-corrected chi connectivity index (χ2v) is 4.83. The smallest absolute Gasteiger partial charge is 0.278 e. The highest BCUT2D eigenvalue weighted by Crippen LogP contribution is 2.23. The van der Waals surface area contributed by atoms with Gasteiger partial charge in [-0.2, -0.15) is 4.83 Å². The Morgan fingerprint density at radius 3 is 2.60 bits per heavy atom. The lowest BCUT2D eigenvalue weighted by molar-refractivity contribution is 0.426. The van der Waals surface area contributed by atoms with Gasteiger partial charge in [0, 0.05) is 23.1 Å². The van der Waals surface area contributed by atoms with Crippen molar-refractivity contribution >= 4 is 31.7 Å². The molecule has 1 N–H and O–H groups in total. The molecule has 0 spiro atoms. The summed E-state index contributed by atoms with van der Waals surface area (Å²) in [5.74, 6) is 0. The molecule has 0 saturated heterocycles. The van der Waals surface area contributed by atoms with E-state index >= 15 is 0 Å². The molecule has 0 amide bonds. The van der Waals surface area contributed by atoms with Crippen LogP contribution in [0.25, 0.3) is 0 Å². The highest BCUT2D eigenvalue weighted by Gasteiger charge is 2.22. The van der Waals surface area contributed by atoms with Crippen LogP contribution >= 0.6 is 22.6 Å². The van der Waals surface area contributed by atoms with Crippen LogP contribution in [0.1, 0.15) is 0 Å². The molecular weight excluding hydrogens is 196 g/mol. The van der Waals surface area contributed by atoms with Gasteiger partial charge in [-0.25, -0.2) is 8.42 Å². The highest BCUT2D eigenvalue weighted by molar-refractivity contribution is 8.17. The molecular formula is C3H5ClN2O2S2. The van der Waals surface area contributed by atoms with E-state index in [0.717, 1.165) is 0 Å². The number of hydrogen-bond acceptors (Lipinski definition) is 5. The SMILES string of the molecule is CN1NSC=C1S(=O)(=O)Cl. The molecule has 0 aliphatic carbocycles. The van der Waals surface area contributed by atoms with Crippen LogP contribution in [0.5, 0.6) is 0 Å². The molecule has 0 bridgehead atoms. The predicted molar refractivity (Wildman–Crippen MR) is 41.3 cm³/mol. The Labute approximate surface area is 67.7 Å². The molecule has 1 aliphatic heterocycles. The second-order valence-electron chi connectivity index (χ2n) is 1.66. The summed E-state index contributed by atoms with van der Waals surface area (Å²) in [5, 5.41) is 2.86. The summed E-state index contributed by atoms with van der Waals surface area (Å²) in [4.78, 5) is 2.67. The first kappa shape index (κ1) is 8.19. The van der Waals surface area contributed by atoms with Crippen LogP contribution in [0.2, 0.25) is 0 Å². The molecule has 1 rings (SSSR count). The molecule has 1 heterocycles. The Morgan fingerprint density at radius 2 is 2.40 bits per heavy atom. The van der Waals surface area contributed by atoms with Crippen LogP contribution in [-0.4, -0.2) is 20.5 Å². The third-order valence-corrected chi connectivity index (χ3v) is 3.16. The lowest BCUT2D eigenvalue weighted by Crippen LogP contribution is -2.25. The summed E-state index contributed by atoms with van der Waals surface area (Å²) in [6.45, 7) is 0. The summed E-state index contributed by atoms with van der Waals surface area (Å²) >= 11 is 1.17. The van der Waals surface area contributed by atoms with Crippen molar-refractivity contribution in [2.75, 3.05) is 7.05 Å². The number of nitrogens with one attached hydrogen (secondary N) is 1. The lowest BCUT2D eigenvalue weighted by Gasteiger charge is -2.10. The quantitative estimate of drug-likeness (QED) is 0.492. The van der Waals surface area contributed by atoms with E-state index in [9.17, 15) is 8.42 Å². The maximum atomic E-state index is 10.6. The lowest BCUT2D eigenvalue weighted by atomic mass is 10.9. The summed E-state index contributed by atoms with van der Waals surface area (Å²) in [6, 6.07) is 0. The van der Waals surface area contributed by atoms with Gasteiger partial charge in [0.1, 0.15) is 0 Å². The minimum Gasteiger partial charge on any atom is -0.289 e. The van der Waals surface area contributed by atoms with Gasteiger partial charge in [-0.15, -0.1) is 0 Å². The van der Waals surface area contributed by atoms with Crippen molar-refractivity contribution in [3.8, 4) is 0 Å². The first-order chi connectivity index (χ1) is 4.52. The van der Waals surface area contributed by atoms with E-state index in [-0.39, 0.29) is 5.03 Å². The molecule has 1 aliphatic rings. The van der Waals surface area contributed by atoms with Gasteiger partial charge in [0.05, 0.1) is 0 Å². The van der Waals surface area contributed by atoms with Crippen molar-refractivity contribution in [2.45, 2.75) is 0 Å². The fourth-order valence-electron chi connectivity index (χ4n) is 0.501. The van der Waals surface area contributed by atoms with E-state index in [1.165, 1.54) is 22.4 Å². The Bertz CT molecular complexity index is 260. The number of rotatable bonds is 1. The molecule has 0 aromatic heterocycles. The average molecular weight is 201 g/mol. The topological polar surface area (TPSA) is 49.4 Å². The largest absolute Gasteiger partial charge is 0.289 e. The molecule has 4 nitrogen and oxygen atoms in total. The van der Waals surface area contributed by atoms with Crippen molar-refractivity contribution < 1.29 is 8.42 Å². The third kappa shape index (κ3) is 1.57. The standard InChI is InChI=1S/C3H5ClN2O2S2/c1-6-3(2-9-5-6)10(4,7)8/h2,5H,1H3. The van der Waals surface area contributed by atoms with Gasteiger partial charge in [0.2, 0.25) is 0 Å². The van der Waals surface area contributed by atoms with Crippen LogP contribution in [0.15, 0.2) is 10.4 Å². The fourth-order valence-corrected chi connectivity index (χ4v) is 2.74. The maximum Gasteiger partial charge on any atom is 0.278 e. The van der Waals surface area contributed by atoms with E-state index in [2.05, 4.69) is 4.83 Å². The molecule has 0 saturated carbocycles. The van der Waals surface area contributed by atoms with Gasteiger partial charge in [0.15, 0.2) is 5.03 Å². The number of halogens is 1. The third-order valence-electron chi connectivity index (χ3n) is 0.930. The van der Waals surface area contributed by atoms with E-state index in [1.54, 1.807) is 7.05 Å². The molecule has 10 heavy (non-hydrogen) atoms. The molecule has 0 aromatic rings. The van der Waals surface area contributed by atoms with Gasteiger partial charge < -0.3 is 0 Å². The Morgan fingerprint density at radius 1 is 1.80 bits per heavy atom. The van der Waals surface area contributed by atoms with Crippen LogP contribution in [0, 0.1) is 0 Å². The van der Waals surface area contributed by atoms with E-state index < -0.39 is 9.05 Å². The van der Waals surface area contributed by atoms with Crippen molar-refractivity contribution in [2.24, 2.45) is 0 Å². The summed E-state index contributed by atoms with van der Waals surface area (Å²) in [5.41, 5.74) is 0. The minimum atomic E-state index is -3.58. The van der Waals surface area contributed by atoms with E-state index in [1.807, 2.05) is 0 Å². The molecule has 58 valence electrons. The molecule has 7 heteroatoms. The normalized spacial score (nSPS) is 19.4. The average Bonchev–Trinajstić information content (AvgIpc) is 2.11. The Hall–Kier alpha value is 0.0900. The molecule has 0 unspecified atom stereocenters. The van der Waals surface area contributed by atoms with Crippen molar-refractivity contribution in [1.29, 1.82) is 0 Å². The highest BCUT2D eigenvalue weighted by atomic mass is 35.7. The predicted octanol–water partition coefficient (Wildman–Crippen LogP) is 0.452. The zero-order chi connectivity index (χ0) is 7.78. The molecule has 0 atom stereocenters. The molecule has 0 radical (unpaired) electrons. The van der Waals surface area contributed by atoms with Crippen molar-refractivity contribution in [3.05, 3.63) is 10.4 Å². The van der Waals surface area contributed by atoms with Crippen LogP contribution in [-0.2, 0) is 9.05 Å². The molecule has 0 aromatic carbocycles. The van der Waals surface area contributed by atoms with Crippen molar-refractivity contribution in [1.82, 2.24) is 9.84 Å².